The highest BCUT2D eigenvalue weighted by Crippen LogP contribution is 2.14. The minimum atomic E-state index is -2.87. The first kappa shape index (κ1) is 15.8. The SMILES string of the molecule is COCC(Br)CNC(=O)c1ccc(OC(F)F)cc1. The lowest BCUT2D eigenvalue weighted by atomic mass is 10.2. The summed E-state index contributed by atoms with van der Waals surface area (Å²) in [6, 6.07) is 5.49. The normalized spacial score (nSPS) is 12.3. The van der Waals surface area contributed by atoms with Crippen LogP contribution in [0, 0.1) is 0 Å². The number of amides is 1. The number of nitrogens with one attached hydrogen (secondary N) is 1. The van der Waals surface area contributed by atoms with Gasteiger partial charge in [-0.1, -0.05) is 15.9 Å². The molecular formula is C12H14BrF2NO3. The highest BCUT2D eigenvalue weighted by molar-refractivity contribution is 9.09. The van der Waals surface area contributed by atoms with Crippen molar-refractivity contribution in [2.24, 2.45) is 0 Å². The van der Waals surface area contributed by atoms with E-state index in [-0.39, 0.29) is 16.5 Å². The Morgan fingerprint density at radius 1 is 1.37 bits per heavy atom. The fraction of sp³-hybridized carbons (Fsp3) is 0.417. The Kier molecular flexibility index (Phi) is 6.72. The molecule has 7 heteroatoms. The van der Waals surface area contributed by atoms with Crippen molar-refractivity contribution in [3.8, 4) is 5.75 Å². The third-order valence-corrected chi connectivity index (χ3v) is 2.76. The number of halogens is 3. The molecule has 1 amide bonds. The Bertz CT molecular complexity index is 400. The molecule has 1 aromatic rings. The minimum absolute atomic E-state index is 0.0166. The van der Waals surface area contributed by atoms with Gasteiger partial charge in [-0.2, -0.15) is 8.78 Å². The molecule has 0 aromatic heterocycles. The maximum Gasteiger partial charge on any atom is 0.387 e. The Labute approximate surface area is 118 Å². The van der Waals surface area contributed by atoms with E-state index in [9.17, 15) is 13.6 Å². The number of ether oxygens (including phenoxy) is 2. The number of carbonyl (C=O) groups is 1. The molecule has 106 valence electrons. The van der Waals surface area contributed by atoms with Gasteiger partial charge in [0.15, 0.2) is 0 Å². The maximum atomic E-state index is 11.9. The van der Waals surface area contributed by atoms with Crippen molar-refractivity contribution < 1.29 is 23.0 Å². The van der Waals surface area contributed by atoms with Gasteiger partial charge in [0, 0.05) is 19.2 Å². The zero-order valence-corrected chi connectivity index (χ0v) is 11.8. The third-order valence-electron chi connectivity index (χ3n) is 2.17. The number of benzene rings is 1. The van der Waals surface area contributed by atoms with Gasteiger partial charge in [0.1, 0.15) is 5.75 Å². The summed E-state index contributed by atoms with van der Waals surface area (Å²) in [6.07, 6.45) is 0. The van der Waals surface area contributed by atoms with Crippen molar-refractivity contribution in [3.63, 3.8) is 0 Å². The summed E-state index contributed by atoms with van der Waals surface area (Å²) in [4.78, 5) is 11.7. The Balaban J connectivity index is 2.48. The number of carbonyl (C=O) groups excluding carboxylic acids is 1. The predicted octanol–water partition coefficient (Wildman–Crippen LogP) is 2.43. The molecule has 1 unspecified atom stereocenters. The Hall–Kier alpha value is -1.21. The molecule has 0 saturated heterocycles. The van der Waals surface area contributed by atoms with E-state index in [1.165, 1.54) is 24.3 Å². The summed E-state index contributed by atoms with van der Waals surface area (Å²) in [7, 11) is 1.57. The fourth-order valence-corrected chi connectivity index (χ4v) is 1.76. The molecule has 1 N–H and O–H groups in total. The van der Waals surface area contributed by atoms with E-state index < -0.39 is 6.61 Å². The van der Waals surface area contributed by atoms with Crippen LogP contribution in [-0.4, -0.2) is 37.6 Å². The van der Waals surface area contributed by atoms with Crippen LogP contribution in [0.4, 0.5) is 8.78 Å². The molecule has 19 heavy (non-hydrogen) atoms. The molecule has 1 aromatic carbocycles. The second-order valence-electron chi connectivity index (χ2n) is 3.67. The summed E-state index contributed by atoms with van der Waals surface area (Å²) in [5, 5.41) is 2.69. The summed E-state index contributed by atoms with van der Waals surface area (Å²) in [5.74, 6) is -0.270. The molecule has 0 saturated carbocycles. The molecule has 0 aliphatic carbocycles. The smallest absolute Gasteiger partial charge is 0.387 e. The Morgan fingerprint density at radius 3 is 2.53 bits per heavy atom. The van der Waals surface area contributed by atoms with Crippen LogP contribution in [0.1, 0.15) is 10.4 Å². The van der Waals surface area contributed by atoms with Crippen molar-refractivity contribution in [2.45, 2.75) is 11.4 Å². The van der Waals surface area contributed by atoms with Crippen LogP contribution >= 0.6 is 15.9 Å². The van der Waals surface area contributed by atoms with Gasteiger partial charge in [-0.15, -0.1) is 0 Å². The van der Waals surface area contributed by atoms with Gasteiger partial charge in [0.2, 0.25) is 0 Å². The van der Waals surface area contributed by atoms with Crippen molar-refractivity contribution >= 4 is 21.8 Å². The number of hydrogen-bond acceptors (Lipinski definition) is 3. The van der Waals surface area contributed by atoms with Crippen LogP contribution in [0.25, 0.3) is 0 Å². The maximum absolute atomic E-state index is 11.9. The van der Waals surface area contributed by atoms with Crippen molar-refractivity contribution in [1.82, 2.24) is 5.32 Å². The summed E-state index contributed by atoms with van der Waals surface area (Å²) < 4.78 is 33.0. The van der Waals surface area contributed by atoms with Crippen LogP contribution in [0.2, 0.25) is 0 Å². The lowest BCUT2D eigenvalue weighted by Crippen LogP contribution is -2.31. The zero-order valence-electron chi connectivity index (χ0n) is 10.2. The van der Waals surface area contributed by atoms with E-state index >= 15 is 0 Å². The van der Waals surface area contributed by atoms with Gasteiger partial charge in [0.05, 0.1) is 11.4 Å². The summed E-state index contributed by atoms with van der Waals surface area (Å²) >= 11 is 3.33. The standard InChI is InChI=1S/C12H14BrF2NO3/c1-18-7-9(13)6-16-11(17)8-2-4-10(5-3-8)19-12(14)15/h2-5,9,12H,6-7H2,1H3,(H,16,17). The first-order chi connectivity index (χ1) is 9.02. The second-order valence-corrected chi connectivity index (χ2v) is 4.96. The summed E-state index contributed by atoms with van der Waals surface area (Å²) in [5.41, 5.74) is 0.374. The fourth-order valence-electron chi connectivity index (χ4n) is 1.33. The molecule has 0 spiro atoms. The first-order valence-electron chi connectivity index (χ1n) is 5.49. The van der Waals surface area contributed by atoms with Gasteiger partial charge in [0.25, 0.3) is 5.91 Å². The average molecular weight is 338 g/mol. The molecule has 1 rings (SSSR count). The van der Waals surface area contributed by atoms with Crippen molar-refractivity contribution in [1.29, 1.82) is 0 Å². The van der Waals surface area contributed by atoms with E-state index in [2.05, 4.69) is 26.0 Å². The lowest BCUT2D eigenvalue weighted by molar-refractivity contribution is -0.0498. The second kappa shape index (κ2) is 8.06. The number of hydrogen-bond donors (Lipinski definition) is 1. The van der Waals surface area contributed by atoms with E-state index in [4.69, 9.17) is 4.74 Å². The quantitative estimate of drug-likeness (QED) is 0.777. The molecule has 1 atom stereocenters. The predicted molar refractivity (Wildman–Crippen MR) is 70.0 cm³/mol. The number of methoxy groups -OCH3 is 1. The van der Waals surface area contributed by atoms with Gasteiger partial charge in [-0.05, 0) is 24.3 Å². The minimum Gasteiger partial charge on any atom is -0.435 e. The lowest BCUT2D eigenvalue weighted by Gasteiger charge is -2.10. The van der Waals surface area contributed by atoms with E-state index in [0.29, 0.717) is 18.7 Å². The van der Waals surface area contributed by atoms with Crippen molar-refractivity contribution in [3.05, 3.63) is 29.8 Å². The highest BCUT2D eigenvalue weighted by Gasteiger charge is 2.10. The van der Waals surface area contributed by atoms with E-state index in [1.54, 1.807) is 7.11 Å². The third kappa shape index (κ3) is 5.98. The van der Waals surface area contributed by atoms with Gasteiger partial charge >= 0.3 is 6.61 Å². The highest BCUT2D eigenvalue weighted by atomic mass is 79.9. The molecule has 0 radical (unpaired) electrons. The van der Waals surface area contributed by atoms with Crippen LogP contribution < -0.4 is 10.1 Å². The molecule has 0 bridgehead atoms. The van der Waals surface area contributed by atoms with Gasteiger partial charge in [-0.25, -0.2) is 0 Å². The van der Waals surface area contributed by atoms with Crippen LogP contribution in [0.15, 0.2) is 24.3 Å². The first-order valence-corrected chi connectivity index (χ1v) is 6.40. The van der Waals surface area contributed by atoms with Gasteiger partial charge in [-0.3, -0.25) is 4.79 Å². The zero-order chi connectivity index (χ0) is 14.3. The largest absolute Gasteiger partial charge is 0.435 e. The van der Waals surface area contributed by atoms with Gasteiger partial charge < -0.3 is 14.8 Å². The molecule has 0 aliphatic rings. The molecule has 0 fully saturated rings. The van der Waals surface area contributed by atoms with Crippen LogP contribution in [-0.2, 0) is 4.74 Å². The molecular weight excluding hydrogens is 324 g/mol. The molecule has 0 heterocycles. The number of rotatable bonds is 7. The monoisotopic (exact) mass is 337 g/mol. The molecule has 4 nitrogen and oxygen atoms in total. The topological polar surface area (TPSA) is 47.6 Å². The van der Waals surface area contributed by atoms with Crippen molar-refractivity contribution in [2.75, 3.05) is 20.3 Å². The Morgan fingerprint density at radius 2 is 2.00 bits per heavy atom. The van der Waals surface area contributed by atoms with E-state index in [1.807, 2.05) is 0 Å². The summed E-state index contributed by atoms with van der Waals surface area (Å²) in [6.45, 7) is -1.99. The average Bonchev–Trinajstić information content (AvgIpc) is 2.36. The molecule has 0 aliphatic heterocycles. The number of alkyl halides is 3. The van der Waals surface area contributed by atoms with Crippen LogP contribution in [0.5, 0.6) is 5.75 Å². The van der Waals surface area contributed by atoms with E-state index in [0.717, 1.165) is 0 Å². The van der Waals surface area contributed by atoms with Crippen LogP contribution in [0.3, 0.4) is 0 Å².